The molecule has 2 aliphatic rings. The third-order valence-electron chi connectivity index (χ3n) is 4.23. The molecule has 2 fully saturated rings. The zero-order valence-electron chi connectivity index (χ0n) is 11.8. The highest BCUT2D eigenvalue weighted by molar-refractivity contribution is 6.00. The molecule has 1 aromatic carbocycles. The second kappa shape index (κ2) is 5.37. The van der Waals surface area contributed by atoms with Crippen molar-refractivity contribution in [1.29, 1.82) is 0 Å². The molecule has 1 unspecified atom stereocenters. The molecular formula is C16H20N2O2. The van der Waals surface area contributed by atoms with Crippen LogP contribution in [0, 0.1) is 0 Å². The predicted octanol–water partition coefficient (Wildman–Crippen LogP) is 1.80. The molecular weight excluding hydrogens is 252 g/mol. The molecule has 4 heteroatoms. The molecule has 1 aliphatic heterocycles. The number of amides is 2. The lowest BCUT2D eigenvalue weighted by Gasteiger charge is -2.28. The highest BCUT2D eigenvalue weighted by atomic mass is 16.2. The summed E-state index contributed by atoms with van der Waals surface area (Å²) in [4.78, 5) is 24.6. The van der Waals surface area contributed by atoms with Crippen LogP contribution in [-0.4, -0.2) is 29.8 Å². The molecule has 1 aliphatic carbocycles. The zero-order chi connectivity index (χ0) is 14.1. The van der Waals surface area contributed by atoms with Gasteiger partial charge in [0.25, 0.3) is 0 Å². The summed E-state index contributed by atoms with van der Waals surface area (Å²) >= 11 is 0. The maximum absolute atomic E-state index is 12.0. The molecule has 106 valence electrons. The predicted molar refractivity (Wildman–Crippen MR) is 76.1 cm³/mol. The first-order valence-corrected chi connectivity index (χ1v) is 7.28. The van der Waals surface area contributed by atoms with Crippen LogP contribution in [0.3, 0.4) is 0 Å². The van der Waals surface area contributed by atoms with Crippen LogP contribution in [-0.2, 0) is 16.1 Å². The van der Waals surface area contributed by atoms with Crippen LogP contribution >= 0.6 is 0 Å². The third-order valence-corrected chi connectivity index (χ3v) is 4.23. The van der Waals surface area contributed by atoms with E-state index in [-0.39, 0.29) is 17.9 Å². The SMILES string of the molecule is CN1C(=O)CCC(NCc2ccc(C3CC3)cc2)C1=O. The number of likely N-dealkylation sites (tertiary alicyclic amines) is 1. The van der Waals surface area contributed by atoms with Crippen molar-refractivity contribution in [2.75, 3.05) is 7.05 Å². The van der Waals surface area contributed by atoms with Crippen molar-refractivity contribution in [3.8, 4) is 0 Å². The van der Waals surface area contributed by atoms with E-state index in [9.17, 15) is 9.59 Å². The molecule has 0 radical (unpaired) electrons. The Morgan fingerprint density at radius 3 is 2.50 bits per heavy atom. The van der Waals surface area contributed by atoms with Crippen molar-refractivity contribution in [3.05, 3.63) is 35.4 Å². The summed E-state index contributed by atoms with van der Waals surface area (Å²) in [6.07, 6.45) is 3.67. The van der Waals surface area contributed by atoms with E-state index in [2.05, 4.69) is 29.6 Å². The smallest absolute Gasteiger partial charge is 0.246 e. The van der Waals surface area contributed by atoms with Gasteiger partial charge in [0.1, 0.15) is 0 Å². The van der Waals surface area contributed by atoms with Gasteiger partial charge >= 0.3 is 0 Å². The van der Waals surface area contributed by atoms with Crippen molar-refractivity contribution in [2.45, 2.75) is 44.2 Å². The molecule has 2 amide bonds. The van der Waals surface area contributed by atoms with E-state index in [1.165, 1.54) is 28.9 Å². The van der Waals surface area contributed by atoms with E-state index in [1.54, 1.807) is 7.05 Å². The molecule has 1 heterocycles. The Balaban J connectivity index is 1.56. The van der Waals surface area contributed by atoms with Crippen LogP contribution in [0.1, 0.15) is 42.7 Å². The topological polar surface area (TPSA) is 49.4 Å². The van der Waals surface area contributed by atoms with Crippen LogP contribution in [0.4, 0.5) is 0 Å². The number of likely N-dealkylation sites (N-methyl/N-ethyl adjacent to an activating group) is 1. The molecule has 1 saturated heterocycles. The fourth-order valence-corrected chi connectivity index (χ4v) is 2.67. The molecule has 0 spiro atoms. The summed E-state index contributed by atoms with van der Waals surface area (Å²) in [6.45, 7) is 0.670. The number of carbonyl (C=O) groups excluding carboxylic acids is 2. The minimum atomic E-state index is -0.235. The Hall–Kier alpha value is -1.68. The summed E-state index contributed by atoms with van der Waals surface area (Å²) < 4.78 is 0. The van der Waals surface area contributed by atoms with Crippen LogP contribution < -0.4 is 5.32 Å². The first kappa shape index (κ1) is 13.3. The molecule has 1 saturated carbocycles. The van der Waals surface area contributed by atoms with E-state index < -0.39 is 0 Å². The van der Waals surface area contributed by atoms with Crippen LogP contribution in [0.2, 0.25) is 0 Å². The lowest BCUT2D eigenvalue weighted by atomic mass is 10.0. The van der Waals surface area contributed by atoms with Crippen molar-refractivity contribution < 1.29 is 9.59 Å². The van der Waals surface area contributed by atoms with Gasteiger partial charge in [0.2, 0.25) is 11.8 Å². The Morgan fingerprint density at radius 2 is 1.85 bits per heavy atom. The summed E-state index contributed by atoms with van der Waals surface area (Å²) in [7, 11) is 1.56. The molecule has 0 aromatic heterocycles. The van der Waals surface area contributed by atoms with Crippen LogP contribution in [0.25, 0.3) is 0 Å². The zero-order valence-corrected chi connectivity index (χ0v) is 11.8. The van der Waals surface area contributed by atoms with Gasteiger partial charge in [-0.15, -0.1) is 0 Å². The van der Waals surface area contributed by atoms with Gasteiger partial charge in [0.05, 0.1) is 6.04 Å². The number of rotatable bonds is 4. The van der Waals surface area contributed by atoms with Crippen LogP contribution in [0.15, 0.2) is 24.3 Å². The normalized spacial score (nSPS) is 23.2. The van der Waals surface area contributed by atoms with Gasteiger partial charge < -0.3 is 5.32 Å². The summed E-state index contributed by atoms with van der Waals surface area (Å²) in [5.74, 6) is 0.578. The van der Waals surface area contributed by atoms with Gasteiger partial charge in [-0.3, -0.25) is 14.5 Å². The second-order valence-corrected chi connectivity index (χ2v) is 5.78. The molecule has 3 rings (SSSR count). The fraction of sp³-hybridized carbons (Fsp3) is 0.500. The summed E-state index contributed by atoms with van der Waals surface area (Å²) in [5, 5.41) is 3.26. The molecule has 1 atom stereocenters. The number of nitrogens with one attached hydrogen (secondary N) is 1. The van der Waals surface area contributed by atoms with E-state index in [1.807, 2.05) is 0 Å². The van der Waals surface area contributed by atoms with E-state index >= 15 is 0 Å². The average molecular weight is 272 g/mol. The molecule has 4 nitrogen and oxygen atoms in total. The van der Waals surface area contributed by atoms with Gasteiger partial charge in [-0.2, -0.15) is 0 Å². The largest absolute Gasteiger partial charge is 0.302 e. The number of nitrogens with zero attached hydrogens (tertiary/aromatic N) is 1. The Morgan fingerprint density at radius 1 is 1.15 bits per heavy atom. The highest BCUT2D eigenvalue weighted by Crippen LogP contribution is 2.39. The Labute approximate surface area is 119 Å². The second-order valence-electron chi connectivity index (χ2n) is 5.78. The first-order chi connectivity index (χ1) is 9.65. The van der Waals surface area contributed by atoms with E-state index in [0.717, 1.165) is 5.92 Å². The number of hydrogen-bond donors (Lipinski definition) is 1. The quantitative estimate of drug-likeness (QED) is 0.850. The Kier molecular flexibility index (Phi) is 3.57. The van der Waals surface area contributed by atoms with Gasteiger partial charge in [-0.25, -0.2) is 0 Å². The van der Waals surface area contributed by atoms with Crippen molar-refractivity contribution in [2.24, 2.45) is 0 Å². The summed E-state index contributed by atoms with van der Waals surface area (Å²) in [6, 6.07) is 8.40. The third kappa shape index (κ3) is 2.75. The fourth-order valence-electron chi connectivity index (χ4n) is 2.67. The number of carbonyl (C=O) groups is 2. The molecule has 1 aromatic rings. The van der Waals surface area contributed by atoms with Crippen LogP contribution in [0.5, 0.6) is 0 Å². The maximum atomic E-state index is 12.0. The standard InChI is InChI=1S/C16H20N2O2/c1-18-15(19)9-8-14(16(18)20)17-10-11-2-4-12(5-3-11)13-6-7-13/h2-5,13-14,17H,6-10H2,1H3. The highest BCUT2D eigenvalue weighted by Gasteiger charge is 2.31. The number of benzene rings is 1. The molecule has 1 N–H and O–H groups in total. The minimum Gasteiger partial charge on any atom is -0.302 e. The van der Waals surface area contributed by atoms with Gasteiger partial charge in [0.15, 0.2) is 0 Å². The van der Waals surface area contributed by atoms with Gasteiger partial charge in [-0.1, -0.05) is 24.3 Å². The molecule has 20 heavy (non-hydrogen) atoms. The average Bonchev–Trinajstić information content (AvgIpc) is 3.29. The van der Waals surface area contributed by atoms with Crippen molar-refractivity contribution >= 4 is 11.8 Å². The number of imide groups is 1. The van der Waals surface area contributed by atoms with Gasteiger partial charge in [-0.05, 0) is 36.3 Å². The monoisotopic (exact) mass is 272 g/mol. The van der Waals surface area contributed by atoms with E-state index in [0.29, 0.717) is 19.4 Å². The minimum absolute atomic E-state index is 0.0816. The lowest BCUT2D eigenvalue weighted by Crippen LogP contribution is -2.51. The van der Waals surface area contributed by atoms with E-state index in [4.69, 9.17) is 0 Å². The lowest BCUT2D eigenvalue weighted by molar-refractivity contribution is -0.148. The van der Waals surface area contributed by atoms with Crippen molar-refractivity contribution in [3.63, 3.8) is 0 Å². The number of piperidine rings is 1. The first-order valence-electron chi connectivity index (χ1n) is 7.28. The number of hydrogen-bond acceptors (Lipinski definition) is 3. The summed E-state index contributed by atoms with van der Waals surface area (Å²) in [5.41, 5.74) is 2.61. The maximum Gasteiger partial charge on any atom is 0.246 e. The Bertz CT molecular complexity index is 520. The van der Waals surface area contributed by atoms with Crippen molar-refractivity contribution in [1.82, 2.24) is 10.2 Å². The molecule has 0 bridgehead atoms. The van der Waals surface area contributed by atoms with Gasteiger partial charge in [0, 0.05) is 20.0 Å².